The molecule has 2 heterocycles. The van der Waals surface area contributed by atoms with Crippen LogP contribution in [0.5, 0.6) is 0 Å². The monoisotopic (exact) mass is 403 g/mol. The van der Waals surface area contributed by atoms with Gasteiger partial charge in [-0.05, 0) is 48.4 Å². The fraction of sp³-hybridized carbons (Fsp3) is 0.400. The van der Waals surface area contributed by atoms with Gasteiger partial charge in [0.25, 0.3) is 0 Å². The van der Waals surface area contributed by atoms with Gasteiger partial charge in [0, 0.05) is 44.9 Å². The maximum Gasteiger partial charge on any atom is 0.245 e. The second-order valence-electron chi connectivity index (χ2n) is 8.13. The highest BCUT2D eigenvalue weighted by atomic mass is 16.2. The summed E-state index contributed by atoms with van der Waals surface area (Å²) in [6.07, 6.45) is 11.0. The number of benzene rings is 1. The second kappa shape index (κ2) is 9.24. The van der Waals surface area contributed by atoms with E-state index in [1.165, 1.54) is 0 Å². The Bertz CT molecular complexity index is 908. The number of aromatic nitrogens is 1. The van der Waals surface area contributed by atoms with Gasteiger partial charge >= 0.3 is 0 Å². The zero-order valence-electron chi connectivity index (χ0n) is 17.5. The molecule has 2 aliphatic rings. The van der Waals surface area contributed by atoms with Crippen molar-refractivity contribution in [2.75, 3.05) is 19.6 Å². The summed E-state index contributed by atoms with van der Waals surface area (Å²) in [6, 6.07) is 11.8. The first-order chi connectivity index (χ1) is 14.7. The third-order valence-corrected chi connectivity index (χ3v) is 6.21. The molecule has 2 aromatic rings. The first kappa shape index (κ1) is 20.3. The van der Waals surface area contributed by atoms with E-state index in [4.69, 9.17) is 0 Å². The van der Waals surface area contributed by atoms with Gasteiger partial charge in [0.2, 0.25) is 11.8 Å². The molecule has 0 spiro atoms. The molecule has 5 heteroatoms. The molecule has 1 aliphatic carbocycles. The van der Waals surface area contributed by atoms with Crippen LogP contribution in [0.1, 0.15) is 31.7 Å². The summed E-state index contributed by atoms with van der Waals surface area (Å²) in [5.41, 5.74) is 3.23. The highest BCUT2D eigenvalue weighted by Crippen LogP contribution is 2.25. The lowest BCUT2D eigenvalue weighted by molar-refractivity contribution is -0.151. The number of allylic oxidation sites excluding steroid dienone is 2. The predicted molar refractivity (Wildman–Crippen MR) is 118 cm³/mol. The summed E-state index contributed by atoms with van der Waals surface area (Å²) in [4.78, 5) is 34.0. The van der Waals surface area contributed by atoms with Gasteiger partial charge in [0.1, 0.15) is 6.04 Å². The largest absolute Gasteiger partial charge is 0.339 e. The molecular weight excluding hydrogens is 374 g/mol. The molecule has 1 aliphatic heterocycles. The highest BCUT2D eigenvalue weighted by Gasteiger charge is 2.37. The van der Waals surface area contributed by atoms with E-state index < -0.39 is 6.04 Å². The third-order valence-electron chi connectivity index (χ3n) is 6.21. The molecule has 0 unspecified atom stereocenters. The number of carbonyl (C=O) groups excluding carboxylic acids is 2. The van der Waals surface area contributed by atoms with Crippen molar-refractivity contribution >= 4 is 11.8 Å². The molecule has 156 valence electrons. The number of nitrogens with zero attached hydrogens (tertiary/aromatic N) is 3. The molecule has 2 amide bonds. The van der Waals surface area contributed by atoms with Gasteiger partial charge in [-0.1, -0.05) is 42.5 Å². The van der Waals surface area contributed by atoms with Gasteiger partial charge in [-0.15, -0.1) is 0 Å². The Kier molecular flexibility index (Phi) is 6.26. The molecule has 0 radical (unpaired) electrons. The van der Waals surface area contributed by atoms with E-state index >= 15 is 0 Å². The van der Waals surface area contributed by atoms with Crippen LogP contribution in [0.2, 0.25) is 0 Å². The maximum atomic E-state index is 13.1. The molecule has 1 aromatic carbocycles. The van der Waals surface area contributed by atoms with Crippen molar-refractivity contribution in [1.82, 2.24) is 14.8 Å². The summed E-state index contributed by atoms with van der Waals surface area (Å²) < 4.78 is 0. The van der Waals surface area contributed by atoms with Crippen LogP contribution in [0.4, 0.5) is 0 Å². The van der Waals surface area contributed by atoms with Crippen LogP contribution in [0.3, 0.4) is 0 Å². The Morgan fingerprint density at radius 3 is 2.63 bits per heavy atom. The van der Waals surface area contributed by atoms with E-state index in [0.29, 0.717) is 38.4 Å². The smallest absolute Gasteiger partial charge is 0.245 e. The lowest BCUT2D eigenvalue weighted by Crippen LogP contribution is -2.59. The first-order valence-electron chi connectivity index (χ1n) is 10.9. The molecule has 1 saturated heterocycles. The molecule has 0 N–H and O–H groups in total. The van der Waals surface area contributed by atoms with Gasteiger partial charge in [-0.2, -0.15) is 0 Å². The van der Waals surface area contributed by atoms with Crippen LogP contribution in [0, 0.1) is 5.92 Å². The summed E-state index contributed by atoms with van der Waals surface area (Å²) in [5.74, 6) is 0.485. The summed E-state index contributed by atoms with van der Waals surface area (Å²) in [7, 11) is 0. The molecule has 2 atom stereocenters. The number of carbonyl (C=O) groups is 2. The Morgan fingerprint density at radius 1 is 1.13 bits per heavy atom. The van der Waals surface area contributed by atoms with Crippen molar-refractivity contribution in [2.24, 2.45) is 5.92 Å². The van der Waals surface area contributed by atoms with E-state index in [0.717, 1.165) is 29.5 Å². The zero-order valence-corrected chi connectivity index (χ0v) is 17.5. The summed E-state index contributed by atoms with van der Waals surface area (Å²) >= 11 is 0. The average molecular weight is 404 g/mol. The first-order valence-corrected chi connectivity index (χ1v) is 10.9. The molecular formula is C25H29N3O2. The minimum absolute atomic E-state index is 0.0652. The number of pyridine rings is 1. The van der Waals surface area contributed by atoms with Crippen LogP contribution in [-0.4, -0.2) is 52.3 Å². The SMILES string of the molecule is CCN1CCN(C(=O)C[C@H]2C=CCC2)[C@H](Cc2ccc(-c3cccnc3)cc2)C1=O. The van der Waals surface area contributed by atoms with E-state index in [-0.39, 0.29) is 11.8 Å². The Labute approximate surface area is 178 Å². The van der Waals surface area contributed by atoms with E-state index in [9.17, 15) is 9.59 Å². The summed E-state index contributed by atoms with van der Waals surface area (Å²) in [6.45, 7) is 3.92. The van der Waals surface area contributed by atoms with Crippen molar-refractivity contribution in [3.05, 3.63) is 66.5 Å². The Balaban J connectivity index is 1.50. The van der Waals surface area contributed by atoms with Gasteiger partial charge in [0.05, 0.1) is 0 Å². The molecule has 1 fully saturated rings. The van der Waals surface area contributed by atoms with Crippen molar-refractivity contribution in [1.29, 1.82) is 0 Å². The Morgan fingerprint density at radius 2 is 1.97 bits per heavy atom. The highest BCUT2D eigenvalue weighted by molar-refractivity contribution is 5.89. The van der Waals surface area contributed by atoms with E-state index in [2.05, 4.69) is 41.4 Å². The molecule has 0 bridgehead atoms. The quantitative estimate of drug-likeness (QED) is 0.691. The molecule has 5 nitrogen and oxygen atoms in total. The van der Waals surface area contributed by atoms with Crippen molar-refractivity contribution in [3.63, 3.8) is 0 Å². The van der Waals surface area contributed by atoms with Crippen LogP contribution in [0.15, 0.2) is 60.9 Å². The second-order valence-corrected chi connectivity index (χ2v) is 8.13. The minimum atomic E-state index is -0.416. The number of likely N-dealkylation sites (N-methyl/N-ethyl adjacent to an activating group) is 1. The van der Waals surface area contributed by atoms with Crippen LogP contribution >= 0.6 is 0 Å². The fourth-order valence-corrected chi connectivity index (χ4v) is 4.45. The van der Waals surface area contributed by atoms with Gasteiger partial charge in [-0.25, -0.2) is 0 Å². The lowest BCUT2D eigenvalue weighted by Gasteiger charge is -2.40. The van der Waals surface area contributed by atoms with Crippen LogP contribution < -0.4 is 0 Å². The average Bonchev–Trinajstić information content (AvgIpc) is 3.29. The summed E-state index contributed by atoms with van der Waals surface area (Å²) in [5, 5.41) is 0. The third kappa shape index (κ3) is 4.45. The fourth-order valence-electron chi connectivity index (χ4n) is 4.45. The van der Waals surface area contributed by atoms with E-state index in [1.807, 2.05) is 35.1 Å². The number of hydrogen-bond acceptors (Lipinski definition) is 3. The number of amides is 2. The van der Waals surface area contributed by atoms with Crippen molar-refractivity contribution in [2.45, 2.75) is 38.6 Å². The van der Waals surface area contributed by atoms with Gasteiger partial charge in [-0.3, -0.25) is 14.6 Å². The van der Waals surface area contributed by atoms with Crippen LogP contribution in [0.25, 0.3) is 11.1 Å². The number of hydrogen-bond donors (Lipinski definition) is 0. The normalized spacial score (nSPS) is 21.3. The maximum absolute atomic E-state index is 13.1. The van der Waals surface area contributed by atoms with Gasteiger partial charge < -0.3 is 9.80 Å². The number of piperazine rings is 1. The lowest BCUT2D eigenvalue weighted by atomic mass is 9.97. The molecule has 0 saturated carbocycles. The predicted octanol–water partition coefficient (Wildman–Crippen LogP) is 3.71. The molecule has 30 heavy (non-hydrogen) atoms. The van der Waals surface area contributed by atoms with Crippen molar-refractivity contribution < 1.29 is 9.59 Å². The molecule has 1 aromatic heterocycles. The van der Waals surface area contributed by atoms with Gasteiger partial charge in [0.15, 0.2) is 0 Å². The van der Waals surface area contributed by atoms with Crippen LogP contribution in [-0.2, 0) is 16.0 Å². The zero-order chi connectivity index (χ0) is 20.9. The van der Waals surface area contributed by atoms with Crippen molar-refractivity contribution in [3.8, 4) is 11.1 Å². The minimum Gasteiger partial charge on any atom is -0.339 e. The molecule has 4 rings (SSSR count). The van der Waals surface area contributed by atoms with E-state index in [1.54, 1.807) is 6.20 Å². The number of rotatable bonds is 6. The Hall–Kier alpha value is -2.95. The standard InChI is InChI=1S/C25H29N3O2/c1-2-27-14-15-28(24(29)17-19-6-3-4-7-19)23(25(27)30)16-20-9-11-21(12-10-20)22-8-5-13-26-18-22/h3,5-6,8-13,18-19,23H,2,4,7,14-17H2,1H3/t19-,23+/m0/s1. The topological polar surface area (TPSA) is 53.5 Å².